The number of alkyl halides is 3. The van der Waals surface area contributed by atoms with E-state index in [1.54, 1.807) is 37.3 Å². The SMILES string of the molecule is CO[C@@H]1CN(C)C(=O)c2ccc(NC(=O)C3CCCC3)cc2OC[C@H](C)N(CCC(F)(F)F)C[C@@H]1C. The van der Waals surface area contributed by atoms with Crippen LogP contribution < -0.4 is 10.1 Å². The van der Waals surface area contributed by atoms with E-state index in [2.05, 4.69) is 5.32 Å². The number of ether oxygens (including phenoxy) is 2. The summed E-state index contributed by atoms with van der Waals surface area (Å²) in [6.45, 7) is 4.30. The minimum absolute atomic E-state index is 0.0187. The van der Waals surface area contributed by atoms with E-state index in [9.17, 15) is 22.8 Å². The molecule has 0 aromatic heterocycles. The number of likely N-dealkylation sites (N-methyl/N-ethyl adjacent to an activating group) is 1. The monoisotopic (exact) mass is 513 g/mol. The van der Waals surface area contributed by atoms with Gasteiger partial charge >= 0.3 is 6.18 Å². The van der Waals surface area contributed by atoms with Crippen molar-refractivity contribution in [2.24, 2.45) is 11.8 Å². The van der Waals surface area contributed by atoms with E-state index < -0.39 is 12.6 Å². The van der Waals surface area contributed by atoms with Gasteiger partial charge in [-0.05, 0) is 37.8 Å². The summed E-state index contributed by atoms with van der Waals surface area (Å²) >= 11 is 0. The molecule has 36 heavy (non-hydrogen) atoms. The van der Waals surface area contributed by atoms with Crippen LogP contribution in [0.3, 0.4) is 0 Å². The normalized spacial score (nSPS) is 25.0. The van der Waals surface area contributed by atoms with Gasteiger partial charge in [0.1, 0.15) is 12.4 Å². The van der Waals surface area contributed by atoms with Crippen LogP contribution in [0.2, 0.25) is 0 Å². The molecule has 1 saturated carbocycles. The van der Waals surface area contributed by atoms with Gasteiger partial charge < -0.3 is 19.7 Å². The second-order valence-electron chi connectivity index (χ2n) is 10.1. The smallest absolute Gasteiger partial charge is 0.390 e. The number of carbonyl (C=O) groups is 2. The Kier molecular flexibility index (Phi) is 9.63. The fourth-order valence-electron chi connectivity index (χ4n) is 4.94. The van der Waals surface area contributed by atoms with Crippen LogP contribution in [0, 0.1) is 11.8 Å². The Morgan fingerprint density at radius 3 is 2.53 bits per heavy atom. The molecule has 0 spiro atoms. The predicted molar refractivity (Wildman–Crippen MR) is 131 cm³/mol. The minimum Gasteiger partial charge on any atom is -0.491 e. The molecule has 1 aromatic carbocycles. The summed E-state index contributed by atoms with van der Waals surface area (Å²) in [5, 5.41) is 2.93. The third-order valence-corrected chi connectivity index (χ3v) is 7.25. The van der Waals surface area contributed by atoms with Crippen molar-refractivity contribution in [3.63, 3.8) is 0 Å². The number of amides is 2. The fourth-order valence-corrected chi connectivity index (χ4v) is 4.94. The number of fused-ring (bicyclic) bond motifs is 1. The van der Waals surface area contributed by atoms with E-state index in [4.69, 9.17) is 9.47 Å². The van der Waals surface area contributed by atoms with Crippen molar-refractivity contribution >= 4 is 17.5 Å². The molecule has 2 aliphatic rings. The number of methoxy groups -OCH3 is 1. The van der Waals surface area contributed by atoms with Crippen LogP contribution in [0.4, 0.5) is 18.9 Å². The van der Waals surface area contributed by atoms with Crippen molar-refractivity contribution in [3.8, 4) is 5.75 Å². The number of rotatable bonds is 5. The Balaban J connectivity index is 1.87. The maximum Gasteiger partial charge on any atom is 0.390 e. The number of carbonyl (C=O) groups excluding carboxylic acids is 2. The lowest BCUT2D eigenvalue weighted by Crippen LogP contribution is -2.47. The summed E-state index contributed by atoms with van der Waals surface area (Å²) in [5.41, 5.74) is 0.853. The largest absolute Gasteiger partial charge is 0.491 e. The van der Waals surface area contributed by atoms with E-state index in [0.717, 1.165) is 25.7 Å². The zero-order chi connectivity index (χ0) is 26.5. The Morgan fingerprint density at radius 1 is 1.19 bits per heavy atom. The number of anilines is 1. The molecule has 1 aliphatic carbocycles. The molecule has 1 aromatic rings. The van der Waals surface area contributed by atoms with Crippen molar-refractivity contribution in [2.75, 3.05) is 45.7 Å². The molecule has 1 heterocycles. The molecule has 3 rings (SSSR count). The lowest BCUT2D eigenvalue weighted by molar-refractivity contribution is -0.140. The molecule has 202 valence electrons. The summed E-state index contributed by atoms with van der Waals surface area (Å²) in [6.07, 6.45) is -1.74. The van der Waals surface area contributed by atoms with Crippen LogP contribution in [-0.4, -0.2) is 80.3 Å². The Labute approximate surface area is 211 Å². The van der Waals surface area contributed by atoms with Gasteiger partial charge in [-0.3, -0.25) is 14.5 Å². The van der Waals surface area contributed by atoms with Crippen molar-refractivity contribution in [2.45, 2.75) is 64.3 Å². The van der Waals surface area contributed by atoms with Gasteiger partial charge in [0.25, 0.3) is 5.91 Å². The van der Waals surface area contributed by atoms with Crippen molar-refractivity contribution in [1.29, 1.82) is 0 Å². The van der Waals surface area contributed by atoms with Gasteiger partial charge in [-0.15, -0.1) is 0 Å². The second-order valence-corrected chi connectivity index (χ2v) is 10.1. The van der Waals surface area contributed by atoms with E-state index in [1.165, 1.54) is 4.90 Å². The topological polar surface area (TPSA) is 71.1 Å². The highest BCUT2D eigenvalue weighted by Gasteiger charge is 2.32. The second kappa shape index (κ2) is 12.3. The van der Waals surface area contributed by atoms with Gasteiger partial charge in [0.2, 0.25) is 5.91 Å². The molecule has 1 aliphatic heterocycles. The van der Waals surface area contributed by atoms with Crippen LogP contribution in [0.5, 0.6) is 5.75 Å². The number of halogens is 3. The highest BCUT2D eigenvalue weighted by atomic mass is 19.4. The van der Waals surface area contributed by atoms with E-state index in [0.29, 0.717) is 23.5 Å². The van der Waals surface area contributed by atoms with Crippen LogP contribution in [0.25, 0.3) is 0 Å². The van der Waals surface area contributed by atoms with Crippen LogP contribution in [0.15, 0.2) is 18.2 Å². The zero-order valence-corrected chi connectivity index (χ0v) is 21.6. The summed E-state index contributed by atoms with van der Waals surface area (Å²) in [4.78, 5) is 29.2. The molecule has 0 unspecified atom stereocenters. The lowest BCUT2D eigenvalue weighted by Gasteiger charge is -2.36. The van der Waals surface area contributed by atoms with Gasteiger partial charge in [-0.2, -0.15) is 13.2 Å². The maximum atomic E-state index is 13.3. The number of nitrogens with one attached hydrogen (secondary N) is 1. The first-order chi connectivity index (χ1) is 17.0. The van der Waals surface area contributed by atoms with Crippen molar-refractivity contribution < 1.29 is 32.2 Å². The number of nitrogens with zero attached hydrogens (tertiary/aromatic N) is 2. The molecule has 7 nitrogen and oxygen atoms in total. The average Bonchev–Trinajstić information content (AvgIpc) is 3.37. The molecular weight excluding hydrogens is 475 g/mol. The van der Waals surface area contributed by atoms with Gasteiger partial charge in [0.15, 0.2) is 0 Å². The Morgan fingerprint density at radius 2 is 1.89 bits per heavy atom. The van der Waals surface area contributed by atoms with Crippen LogP contribution in [-0.2, 0) is 9.53 Å². The first-order valence-corrected chi connectivity index (χ1v) is 12.6. The fraction of sp³-hybridized carbons (Fsp3) is 0.692. The van der Waals surface area contributed by atoms with Crippen LogP contribution in [0.1, 0.15) is 56.3 Å². The molecule has 10 heteroatoms. The predicted octanol–water partition coefficient (Wildman–Crippen LogP) is 4.57. The molecule has 1 N–H and O–H groups in total. The van der Waals surface area contributed by atoms with Gasteiger partial charge in [0, 0.05) is 57.5 Å². The van der Waals surface area contributed by atoms with E-state index in [-0.39, 0.29) is 55.5 Å². The molecule has 0 saturated heterocycles. The van der Waals surface area contributed by atoms with Crippen molar-refractivity contribution in [3.05, 3.63) is 23.8 Å². The number of benzene rings is 1. The van der Waals surface area contributed by atoms with Gasteiger partial charge in [-0.1, -0.05) is 19.8 Å². The zero-order valence-electron chi connectivity index (χ0n) is 21.6. The third-order valence-electron chi connectivity index (χ3n) is 7.25. The summed E-state index contributed by atoms with van der Waals surface area (Å²) < 4.78 is 50.7. The summed E-state index contributed by atoms with van der Waals surface area (Å²) in [5.74, 6) is -0.146. The quantitative estimate of drug-likeness (QED) is 0.625. The number of hydrogen-bond acceptors (Lipinski definition) is 5. The Hall–Kier alpha value is -2.33. The third kappa shape index (κ3) is 7.59. The Bertz CT molecular complexity index is 905. The molecule has 0 bridgehead atoms. The highest BCUT2D eigenvalue weighted by Crippen LogP contribution is 2.30. The molecule has 1 fully saturated rings. The number of hydrogen-bond donors (Lipinski definition) is 1. The lowest BCUT2D eigenvalue weighted by atomic mass is 10.0. The first kappa shape index (κ1) is 28.2. The van der Waals surface area contributed by atoms with E-state index in [1.807, 2.05) is 13.8 Å². The van der Waals surface area contributed by atoms with E-state index >= 15 is 0 Å². The standard InChI is InChI=1S/C26H38F3N3O4/c1-17-14-32(12-11-26(27,28)29)18(2)16-36-22-13-20(30-24(33)19-7-5-6-8-19)9-10-21(22)25(34)31(3)15-23(17)35-4/h9-10,13,17-19,23H,5-8,11-12,14-16H2,1-4H3,(H,30,33)/t17-,18-,23+/m0/s1. The summed E-state index contributed by atoms with van der Waals surface area (Å²) in [7, 11) is 3.21. The first-order valence-electron chi connectivity index (χ1n) is 12.6. The molecule has 2 amide bonds. The van der Waals surface area contributed by atoms with Crippen LogP contribution >= 0.6 is 0 Å². The molecular formula is C26H38F3N3O4. The van der Waals surface area contributed by atoms with Crippen molar-refractivity contribution in [1.82, 2.24) is 9.80 Å². The summed E-state index contributed by atoms with van der Waals surface area (Å²) in [6, 6.07) is 4.59. The molecule has 0 radical (unpaired) electrons. The van der Waals surface area contributed by atoms with Gasteiger partial charge in [-0.25, -0.2) is 0 Å². The molecule has 3 atom stereocenters. The average molecular weight is 514 g/mol. The maximum absolute atomic E-state index is 13.3. The highest BCUT2D eigenvalue weighted by molar-refractivity contribution is 5.98. The van der Waals surface area contributed by atoms with Gasteiger partial charge in [0.05, 0.1) is 18.1 Å². The minimum atomic E-state index is -4.26.